The molecule has 0 saturated carbocycles. The van der Waals surface area contributed by atoms with Gasteiger partial charge in [-0.05, 0) is 38.4 Å². The summed E-state index contributed by atoms with van der Waals surface area (Å²) in [6, 6.07) is 3.08. The first-order chi connectivity index (χ1) is 9.78. The van der Waals surface area contributed by atoms with E-state index in [4.69, 9.17) is 23.2 Å². The average Bonchev–Trinajstić information content (AvgIpc) is 2.74. The van der Waals surface area contributed by atoms with E-state index in [1.165, 1.54) is 10.4 Å². The highest BCUT2D eigenvalue weighted by Gasteiger charge is 2.37. The quantitative estimate of drug-likeness (QED) is 0.907. The predicted octanol–water partition coefficient (Wildman–Crippen LogP) is 3.13. The molecule has 0 aromatic heterocycles. The standard InChI is InChI=1S/C14H20Cl2N2O2S/c1-9-6-10(2)18(8-9)21(19,20)13-5-4-12(15)11(7-17-3)14(13)16/h4-5,9-10,17H,6-8H2,1-3H3. The fraction of sp³-hybridized carbons (Fsp3) is 0.571. The summed E-state index contributed by atoms with van der Waals surface area (Å²) in [5.41, 5.74) is 0.613. The second-order valence-corrected chi connectivity index (χ2v) is 8.28. The summed E-state index contributed by atoms with van der Waals surface area (Å²) in [4.78, 5) is 0.139. The van der Waals surface area contributed by atoms with E-state index < -0.39 is 10.0 Å². The van der Waals surface area contributed by atoms with Crippen molar-refractivity contribution in [3.63, 3.8) is 0 Å². The molecule has 0 spiro atoms. The Labute approximate surface area is 136 Å². The first kappa shape index (κ1) is 17.0. The first-order valence-electron chi connectivity index (χ1n) is 6.92. The molecule has 1 aliphatic heterocycles. The third kappa shape index (κ3) is 3.22. The second-order valence-electron chi connectivity index (χ2n) is 5.63. The lowest BCUT2D eigenvalue weighted by Gasteiger charge is -2.22. The van der Waals surface area contributed by atoms with Gasteiger partial charge >= 0.3 is 0 Å². The van der Waals surface area contributed by atoms with Crippen molar-refractivity contribution in [2.24, 2.45) is 5.92 Å². The summed E-state index contributed by atoms with van der Waals surface area (Å²) in [7, 11) is -1.83. The third-order valence-electron chi connectivity index (χ3n) is 3.82. The number of benzene rings is 1. The van der Waals surface area contributed by atoms with E-state index in [9.17, 15) is 8.42 Å². The lowest BCUT2D eigenvalue weighted by atomic mass is 10.1. The Hall–Kier alpha value is -0.330. The van der Waals surface area contributed by atoms with Crippen LogP contribution in [0.2, 0.25) is 10.0 Å². The van der Waals surface area contributed by atoms with Crippen molar-refractivity contribution in [2.75, 3.05) is 13.6 Å². The average molecular weight is 351 g/mol. The smallest absolute Gasteiger partial charge is 0.244 e. The number of hydrogen-bond acceptors (Lipinski definition) is 3. The van der Waals surface area contributed by atoms with Gasteiger partial charge in [-0.25, -0.2) is 8.42 Å². The van der Waals surface area contributed by atoms with Gasteiger partial charge in [0.2, 0.25) is 10.0 Å². The van der Waals surface area contributed by atoms with Crippen molar-refractivity contribution < 1.29 is 8.42 Å². The van der Waals surface area contributed by atoms with Crippen molar-refractivity contribution in [3.05, 3.63) is 27.7 Å². The maximum Gasteiger partial charge on any atom is 0.244 e. The molecule has 118 valence electrons. The van der Waals surface area contributed by atoms with Gasteiger partial charge < -0.3 is 5.32 Å². The van der Waals surface area contributed by atoms with Crippen LogP contribution in [0.3, 0.4) is 0 Å². The Morgan fingerprint density at radius 1 is 1.33 bits per heavy atom. The molecule has 21 heavy (non-hydrogen) atoms. The van der Waals surface area contributed by atoms with Crippen LogP contribution in [-0.4, -0.2) is 32.4 Å². The molecule has 0 amide bonds. The van der Waals surface area contributed by atoms with E-state index in [0.717, 1.165) is 6.42 Å². The van der Waals surface area contributed by atoms with E-state index in [-0.39, 0.29) is 16.0 Å². The molecule has 1 aromatic carbocycles. The summed E-state index contributed by atoms with van der Waals surface area (Å²) in [6.07, 6.45) is 0.869. The number of nitrogens with one attached hydrogen (secondary N) is 1. The molecule has 1 heterocycles. The number of nitrogens with zero attached hydrogens (tertiary/aromatic N) is 1. The Balaban J connectivity index is 2.48. The lowest BCUT2D eigenvalue weighted by molar-refractivity contribution is 0.405. The Kier molecular flexibility index (Phi) is 5.21. The summed E-state index contributed by atoms with van der Waals surface area (Å²) in [5, 5.41) is 3.63. The Morgan fingerprint density at radius 3 is 2.52 bits per heavy atom. The second kappa shape index (κ2) is 6.42. The summed E-state index contributed by atoms with van der Waals surface area (Å²) in [6.45, 7) is 4.94. The number of halogens is 2. The minimum Gasteiger partial charge on any atom is -0.316 e. The van der Waals surface area contributed by atoms with Crippen molar-refractivity contribution in [3.8, 4) is 0 Å². The zero-order valence-electron chi connectivity index (χ0n) is 12.4. The van der Waals surface area contributed by atoms with Crippen molar-refractivity contribution in [1.82, 2.24) is 9.62 Å². The molecule has 2 unspecified atom stereocenters. The number of hydrogen-bond donors (Lipinski definition) is 1. The van der Waals surface area contributed by atoms with E-state index in [1.54, 1.807) is 13.1 Å². The molecule has 0 aliphatic carbocycles. The maximum absolute atomic E-state index is 12.9. The summed E-state index contributed by atoms with van der Waals surface area (Å²) >= 11 is 12.4. The van der Waals surface area contributed by atoms with Crippen LogP contribution in [0.4, 0.5) is 0 Å². The van der Waals surface area contributed by atoms with Crippen LogP contribution < -0.4 is 5.32 Å². The highest BCUT2D eigenvalue weighted by atomic mass is 35.5. The van der Waals surface area contributed by atoms with Crippen molar-refractivity contribution >= 4 is 33.2 Å². The van der Waals surface area contributed by atoms with Gasteiger partial charge in [-0.15, -0.1) is 0 Å². The molecule has 7 heteroatoms. The summed E-state index contributed by atoms with van der Waals surface area (Å²) in [5.74, 6) is 0.359. The van der Waals surface area contributed by atoms with Crippen LogP contribution >= 0.6 is 23.2 Å². The molecule has 4 nitrogen and oxygen atoms in total. The molecule has 1 aromatic rings. The molecule has 1 fully saturated rings. The predicted molar refractivity (Wildman–Crippen MR) is 86.4 cm³/mol. The van der Waals surface area contributed by atoms with Gasteiger partial charge in [-0.2, -0.15) is 4.31 Å². The van der Waals surface area contributed by atoms with Gasteiger partial charge in [0.15, 0.2) is 0 Å². The molecule has 0 radical (unpaired) electrons. The number of sulfonamides is 1. The van der Waals surface area contributed by atoms with Gasteiger partial charge in [0, 0.05) is 29.7 Å². The molecule has 1 saturated heterocycles. The highest BCUT2D eigenvalue weighted by molar-refractivity contribution is 7.89. The van der Waals surface area contributed by atoms with E-state index in [0.29, 0.717) is 29.6 Å². The minimum absolute atomic E-state index is 0.00973. The molecule has 2 rings (SSSR count). The summed E-state index contributed by atoms with van der Waals surface area (Å²) < 4.78 is 27.3. The van der Waals surface area contributed by atoms with Crippen molar-refractivity contribution in [1.29, 1.82) is 0 Å². The monoisotopic (exact) mass is 350 g/mol. The van der Waals surface area contributed by atoms with Gasteiger partial charge in [-0.1, -0.05) is 30.1 Å². The fourth-order valence-corrected chi connectivity index (χ4v) is 5.49. The van der Waals surface area contributed by atoms with Crippen LogP contribution in [-0.2, 0) is 16.6 Å². The van der Waals surface area contributed by atoms with Crippen LogP contribution in [0.5, 0.6) is 0 Å². The topological polar surface area (TPSA) is 49.4 Å². The van der Waals surface area contributed by atoms with E-state index in [1.807, 2.05) is 6.92 Å². The molecule has 0 bridgehead atoms. The van der Waals surface area contributed by atoms with Crippen LogP contribution in [0.15, 0.2) is 17.0 Å². The zero-order valence-corrected chi connectivity index (χ0v) is 14.7. The molecular weight excluding hydrogens is 331 g/mol. The molecular formula is C14H20Cl2N2O2S. The van der Waals surface area contributed by atoms with Gasteiger partial charge in [-0.3, -0.25) is 0 Å². The first-order valence-corrected chi connectivity index (χ1v) is 9.12. The van der Waals surface area contributed by atoms with Crippen LogP contribution in [0.25, 0.3) is 0 Å². The molecule has 1 aliphatic rings. The highest BCUT2D eigenvalue weighted by Crippen LogP contribution is 2.36. The molecule has 1 N–H and O–H groups in total. The minimum atomic E-state index is -3.59. The normalized spacial score (nSPS) is 23.7. The Morgan fingerprint density at radius 2 is 2.00 bits per heavy atom. The van der Waals surface area contributed by atoms with Crippen LogP contribution in [0.1, 0.15) is 25.8 Å². The van der Waals surface area contributed by atoms with Gasteiger partial charge in [0.1, 0.15) is 4.90 Å². The fourth-order valence-electron chi connectivity index (χ4n) is 2.84. The van der Waals surface area contributed by atoms with E-state index in [2.05, 4.69) is 12.2 Å². The number of rotatable bonds is 4. The third-order valence-corrected chi connectivity index (χ3v) is 6.74. The zero-order chi connectivity index (χ0) is 15.8. The SMILES string of the molecule is CNCc1c(Cl)ccc(S(=O)(=O)N2CC(C)CC2C)c1Cl. The maximum atomic E-state index is 12.9. The largest absolute Gasteiger partial charge is 0.316 e. The van der Waals surface area contributed by atoms with Gasteiger partial charge in [0.05, 0.1) is 5.02 Å². The molecule has 2 atom stereocenters. The lowest BCUT2D eigenvalue weighted by Crippen LogP contribution is -2.34. The van der Waals surface area contributed by atoms with Gasteiger partial charge in [0.25, 0.3) is 0 Å². The van der Waals surface area contributed by atoms with Crippen LogP contribution in [0, 0.1) is 5.92 Å². The van der Waals surface area contributed by atoms with Crippen molar-refractivity contribution in [2.45, 2.75) is 37.8 Å². The Bertz CT molecular complexity index is 634. The van der Waals surface area contributed by atoms with E-state index >= 15 is 0 Å².